The second kappa shape index (κ2) is 4.88. The van der Waals surface area contributed by atoms with Gasteiger partial charge in [-0.1, -0.05) is 0 Å². The third kappa shape index (κ3) is 2.56. The maximum atomic E-state index is 13.2. The van der Waals surface area contributed by atoms with Gasteiger partial charge in [-0.05, 0) is 28.6 Å². The topological polar surface area (TPSA) is 78.8 Å². The molecule has 0 amide bonds. The van der Waals surface area contributed by atoms with Crippen LogP contribution in [-0.4, -0.2) is 33.9 Å². The van der Waals surface area contributed by atoms with Crippen molar-refractivity contribution in [3.05, 3.63) is 24.0 Å². The first-order valence-corrected chi connectivity index (χ1v) is 5.02. The van der Waals surface area contributed by atoms with Gasteiger partial charge in [0.05, 0.1) is 13.2 Å². The predicted octanol–water partition coefficient (Wildman–Crippen LogP) is 0.708. The highest BCUT2D eigenvalue weighted by molar-refractivity contribution is 5.61. The molecule has 0 aliphatic heterocycles. The fourth-order valence-corrected chi connectivity index (χ4v) is 1.48. The molecule has 1 aromatic carbocycles. The van der Waals surface area contributed by atoms with E-state index in [1.165, 1.54) is 16.8 Å². The molecule has 0 fully saturated rings. The SMILES string of the molecule is COCCn1nnnc1-c1cc(N)cc(F)c1. The summed E-state index contributed by atoms with van der Waals surface area (Å²) in [7, 11) is 1.59. The minimum absolute atomic E-state index is 0.335. The van der Waals surface area contributed by atoms with Crippen LogP contribution in [0.1, 0.15) is 0 Å². The van der Waals surface area contributed by atoms with Crippen molar-refractivity contribution in [3.63, 3.8) is 0 Å². The molecule has 2 N–H and O–H groups in total. The molecule has 1 heterocycles. The summed E-state index contributed by atoms with van der Waals surface area (Å²) in [6, 6.07) is 4.20. The van der Waals surface area contributed by atoms with E-state index in [0.717, 1.165) is 0 Å². The summed E-state index contributed by atoms with van der Waals surface area (Å²) in [5, 5.41) is 11.2. The van der Waals surface area contributed by atoms with Crippen molar-refractivity contribution < 1.29 is 9.13 Å². The number of nitrogens with two attached hydrogens (primary N) is 1. The Morgan fingerprint density at radius 2 is 2.24 bits per heavy atom. The highest BCUT2D eigenvalue weighted by atomic mass is 19.1. The third-order valence-electron chi connectivity index (χ3n) is 2.22. The minimum Gasteiger partial charge on any atom is -0.399 e. The van der Waals surface area contributed by atoms with Crippen LogP contribution in [0.25, 0.3) is 11.4 Å². The molecule has 0 saturated heterocycles. The van der Waals surface area contributed by atoms with Gasteiger partial charge < -0.3 is 10.5 Å². The molecule has 0 atom stereocenters. The Morgan fingerprint density at radius 1 is 1.41 bits per heavy atom. The second-order valence-corrected chi connectivity index (χ2v) is 3.49. The molecular weight excluding hydrogens is 225 g/mol. The number of ether oxygens (including phenoxy) is 1. The lowest BCUT2D eigenvalue weighted by molar-refractivity contribution is 0.183. The van der Waals surface area contributed by atoms with Gasteiger partial charge in [0.2, 0.25) is 0 Å². The zero-order valence-electron chi connectivity index (χ0n) is 9.30. The highest BCUT2D eigenvalue weighted by Gasteiger charge is 2.10. The van der Waals surface area contributed by atoms with Crippen molar-refractivity contribution in [1.29, 1.82) is 0 Å². The van der Waals surface area contributed by atoms with Crippen molar-refractivity contribution in [2.24, 2.45) is 0 Å². The molecule has 0 bridgehead atoms. The van der Waals surface area contributed by atoms with Crippen molar-refractivity contribution in [2.45, 2.75) is 6.54 Å². The number of nitrogens with zero attached hydrogens (tertiary/aromatic N) is 4. The van der Waals surface area contributed by atoms with E-state index < -0.39 is 5.82 Å². The van der Waals surface area contributed by atoms with E-state index in [9.17, 15) is 4.39 Å². The zero-order valence-corrected chi connectivity index (χ0v) is 9.30. The Balaban J connectivity index is 2.35. The van der Waals surface area contributed by atoms with E-state index in [0.29, 0.717) is 30.2 Å². The van der Waals surface area contributed by atoms with Gasteiger partial charge in [-0.25, -0.2) is 9.07 Å². The number of tetrazole rings is 1. The van der Waals surface area contributed by atoms with Crippen LogP contribution in [0.3, 0.4) is 0 Å². The van der Waals surface area contributed by atoms with Gasteiger partial charge in [0.1, 0.15) is 5.82 Å². The lowest BCUT2D eigenvalue weighted by Crippen LogP contribution is -2.08. The second-order valence-electron chi connectivity index (χ2n) is 3.49. The number of aromatic nitrogens is 4. The van der Waals surface area contributed by atoms with Gasteiger partial charge in [0, 0.05) is 18.4 Å². The molecule has 0 radical (unpaired) electrons. The van der Waals surface area contributed by atoms with Gasteiger partial charge >= 0.3 is 0 Å². The van der Waals surface area contributed by atoms with E-state index in [1.54, 1.807) is 13.2 Å². The maximum Gasteiger partial charge on any atom is 0.182 e. The third-order valence-corrected chi connectivity index (χ3v) is 2.22. The molecule has 2 rings (SSSR count). The number of nitrogen functional groups attached to an aromatic ring is 1. The normalized spacial score (nSPS) is 10.7. The van der Waals surface area contributed by atoms with E-state index in [2.05, 4.69) is 15.5 Å². The van der Waals surface area contributed by atoms with E-state index in [1.807, 2.05) is 0 Å². The first kappa shape index (κ1) is 11.5. The lowest BCUT2D eigenvalue weighted by atomic mass is 10.2. The van der Waals surface area contributed by atoms with E-state index in [-0.39, 0.29) is 0 Å². The molecule has 7 heteroatoms. The zero-order chi connectivity index (χ0) is 12.3. The first-order valence-electron chi connectivity index (χ1n) is 5.02. The lowest BCUT2D eigenvalue weighted by Gasteiger charge is -2.04. The number of benzene rings is 1. The van der Waals surface area contributed by atoms with Crippen molar-refractivity contribution >= 4 is 5.69 Å². The summed E-state index contributed by atoms with van der Waals surface area (Å²) < 4.78 is 19.7. The van der Waals surface area contributed by atoms with Crippen LogP contribution >= 0.6 is 0 Å². The Bertz CT molecular complexity index is 493. The van der Waals surface area contributed by atoms with Gasteiger partial charge in [-0.2, -0.15) is 0 Å². The molecule has 0 spiro atoms. The average Bonchev–Trinajstić information content (AvgIpc) is 2.73. The van der Waals surface area contributed by atoms with Gasteiger partial charge in [-0.3, -0.25) is 0 Å². The summed E-state index contributed by atoms with van der Waals surface area (Å²) in [5.41, 5.74) is 6.45. The van der Waals surface area contributed by atoms with Crippen molar-refractivity contribution in [3.8, 4) is 11.4 Å². The van der Waals surface area contributed by atoms with Gasteiger partial charge in [0.25, 0.3) is 0 Å². The van der Waals surface area contributed by atoms with Crippen LogP contribution in [0.2, 0.25) is 0 Å². The van der Waals surface area contributed by atoms with E-state index in [4.69, 9.17) is 10.5 Å². The van der Waals surface area contributed by atoms with Gasteiger partial charge in [0.15, 0.2) is 5.82 Å². The summed E-state index contributed by atoms with van der Waals surface area (Å²) in [6.07, 6.45) is 0. The molecule has 90 valence electrons. The molecule has 0 aliphatic rings. The Labute approximate surface area is 97.2 Å². The van der Waals surface area contributed by atoms with Gasteiger partial charge in [-0.15, -0.1) is 5.10 Å². The number of hydrogen-bond acceptors (Lipinski definition) is 5. The first-order chi connectivity index (χ1) is 8.20. The summed E-state index contributed by atoms with van der Waals surface area (Å²) >= 11 is 0. The average molecular weight is 237 g/mol. The molecule has 17 heavy (non-hydrogen) atoms. The quantitative estimate of drug-likeness (QED) is 0.792. The number of hydrogen-bond donors (Lipinski definition) is 1. The van der Waals surface area contributed by atoms with Crippen LogP contribution < -0.4 is 5.73 Å². The molecule has 6 nitrogen and oxygen atoms in total. The molecular formula is C10H12FN5O. The maximum absolute atomic E-state index is 13.2. The monoisotopic (exact) mass is 237 g/mol. The summed E-state index contributed by atoms with van der Waals surface area (Å²) in [5.74, 6) is 0.0505. The van der Waals surface area contributed by atoms with Crippen LogP contribution in [0.5, 0.6) is 0 Å². The molecule has 1 aromatic heterocycles. The highest BCUT2D eigenvalue weighted by Crippen LogP contribution is 2.20. The van der Waals surface area contributed by atoms with Crippen LogP contribution in [0, 0.1) is 5.82 Å². The van der Waals surface area contributed by atoms with Crippen LogP contribution in [0.4, 0.5) is 10.1 Å². The minimum atomic E-state index is -0.415. The standard InChI is InChI=1S/C10H12FN5O/c1-17-3-2-16-10(13-14-15-16)7-4-8(11)6-9(12)5-7/h4-6H,2-3,12H2,1H3. The van der Waals surface area contributed by atoms with E-state index >= 15 is 0 Å². The predicted molar refractivity (Wildman–Crippen MR) is 59.5 cm³/mol. The fourth-order valence-electron chi connectivity index (χ4n) is 1.48. The fraction of sp³-hybridized carbons (Fsp3) is 0.300. The molecule has 0 unspecified atom stereocenters. The van der Waals surface area contributed by atoms with Crippen LogP contribution in [-0.2, 0) is 11.3 Å². The number of rotatable bonds is 4. The van der Waals surface area contributed by atoms with Crippen LogP contribution in [0.15, 0.2) is 18.2 Å². The molecule has 0 aliphatic carbocycles. The number of halogens is 1. The van der Waals surface area contributed by atoms with Crippen molar-refractivity contribution in [1.82, 2.24) is 20.2 Å². The number of anilines is 1. The smallest absolute Gasteiger partial charge is 0.182 e. The Hall–Kier alpha value is -2.02. The summed E-state index contributed by atoms with van der Waals surface area (Å²) in [6.45, 7) is 0.970. The molecule has 2 aromatic rings. The number of methoxy groups -OCH3 is 1. The Kier molecular flexibility index (Phi) is 3.29. The Morgan fingerprint density at radius 3 is 2.94 bits per heavy atom. The summed E-state index contributed by atoms with van der Waals surface area (Å²) in [4.78, 5) is 0. The van der Waals surface area contributed by atoms with Crippen molar-refractivity contribution in [2.75, 3.05) is 19.5 Å². The molecule has 0 saturated carbocycles. The largest absolute Gasteiger partial charge is 0.399 e.